The van der Waals surface area contributed by atoms with Crippen molar-refractivity contribution in [3.05, 3.63) is 71.9 Å². The van der Waals surface area contributed by atoms with Crippen LogP contribution in [0.25, 0.3) is 17.0 Å². The predicted octanol–water partition coefficient (Wildman–Crippen LogP) is 3.92. The maximum absolute atomic E-state index is 5.81. The van der Waals surface area contributed by atoms with Gasteiger partial charge in [-0.15, -0.1) is 0 Å². The minimum atomic E-state index is 0.681. The van der Waals surface area contributed by atoms with Gasteiger partial charge in [0.1, 0.15) is 22.9 Å². The Kier molecular flexibility index (Phi) is 3.54. The molecular weight excluding hydrogens is 302 g/mol. The lowest BCUT2D eigenvalue weighted by Crippen LogP contribution is -2.02. The van der Waals surface area contributed by atoms with E-state index < -0.39 is 0 Å². The first-order valence-corrected chi connectivity index (χ1v) is 7.76. The molecule has 3 heterocycles. The van der Waals surface area contributed by atoms with E-state index in [0.717, 1.165) is 39.9 Å². The molecule has 0 bridgehead atoms. The predicted molar refractivity (Wildman–Crippen MR) is 91.7 cm³/mol. The van der Waals surface area contributed by atoms with E-state index in [1.807, 2.05) is 60.0 Å². The van der Waals surface area contributed by atoms with Crippen molar-refractivity contribution in [1.29, 1.82) is 0 Å². The Morgan fingerprint density at radius 1 is 1.08 bits per heavy atom. The van der Waals surface area contributed by atoms with Crippen molar-refractivity contribution in [2.24, 2.45) is 0 Å². The Bertz CT molecular complexity index is 983. The second-order valence-corrected chi connectivity index (χ2v) is 5.62. The first-order valence-electron chi connectivity index (χ1n) is 7.76. The lowest BCUT2D eigenvalue weighted by Gasteiger charge is -2.06. The van der Waals surface area contributed by atoms with Crippen molar-refractivity contribution in [2.45, 2.75) is 13.3 Å². The minimum absolute atomic E-state index is 0.681. The number of pyridine rings is 1. The number of hydrogen-bond donors (Lipinski definition) is 0. The fourth-order valence-electron chi connectivity index (χ4n) is 2.78. The van der Waals surface area contributed by atoms with Crippen molar-refractivity contribution in [3.8, 4) is 11.6 Å². The molecular formula is C19H17N3O2. The Balaban J connectivity index is 1.81. The number of nitrogens with zero attached hydrogens (tertiary/aromatic N) is 3. The van der Waals surface area contributed by atoms with E-state index in [1.54, 1.807) is 13.3 Å². The van der Waals surface area contributed by atoms with E-state index in [2.05, 4.69) is 4.98 Å². The topological polar surface area (TPSA) is 53.1 Å². The molecule has 24 heavy (non-hydrogen) atoms. The van der Waals surface area contributed by atoms with Gasteiger partial charge < -0.3 is 9.15 Å². The van der Waals surface area contributed by atoms with Crippen molar-refractivity contribution in [3.63, 3.8) is 0 Å². The molecule has 0 spiro atoms. The molecule has 0 saturated carbocycles. The second kappa shape index (κ2) is 5.85. The van der Waals surface area contributed by atoms with Gasteiger partial charge in [0.2, 0.25) is 5.88 Å². The molecule has 5 heteroatoms. The molecule has 0 saturated heterocycles. The number of rotatable bonds is 4. The van der Waals surface area contributed by atoms with Crippen molar-refractivity contribution in [1.82, 2.24) is 14.5 Å². The van der Waals surface area contributed by atoms with E-state index >= 15 is 0 Å². The fraction of sp³-hybridized carbons (Fsp3) is 0.158. The maximum atomic E-state index is 5.81. The quantitative estimate of drug-likeness (QED) is 0.572. The molecule has 0 N–H and O–H groups in total. The van der Waals surface area contributed by atoms with Crippen LogP contribution in [0.3, 0.4) is 0 Å². The van der Waals surface area contributed by atoms with Gasteiger partial charge in [-0.25, -0.2) is 14.5 Å². The number of fused-ring (bicyclic) bond motifs is 1. The fourth-order valence-corrected chi connectivity index (χ4v) is 2.78. The highest BCUT2D eigenvalue weighted by molar-refractivity contribution is 5.73. The summed E-state index contributed by atoms with van der Waals surface area (Å²) in [6, 6.07) is 15.8. The molecule has 0 aliphatic carbocycles. The molecule has 0 aliphatic rings. The summed E-state index contributed by atoms with van der Waals surface area (Å²) in [4.78, 5) is 9.22. The summed E-state index contributed by atoms with van der Waals surface area (Å²) in [5.41, 5.74) is 2.81. The minimum Gasteiger partial charge on any atom is -0.497 e. The molecule has 0 aliphatic heterocycles. The summed E-state index contributed by atoms with van der Waals surface area (Å²) in [5, 5.41) is 0. The average molecular weight is 319 g/mol. The van der Waals surface area contributed by atoms with Crippen LogP contribution >= 0.6 is 0 Å². The third kappa shape index (κ3) is 2.54. The molecule has 1 aromatic carbocycles. The number of aromatic nitrogens is 3. The van der Waals surface area contributed by atoms with E-state index in [-0.39, 0.29) is 0 Å². The first kappa shape index (κ1) is 14.5. The zero-order valence-electron chi connectivity index (χ0n) is 13.6. The maximum Gasteiger partial charge on any atom is 0.206 e. The standard InChI is InChI=1S/C19H17N3O2/c1-13-5-10-18(24-13)22-17(21-16-4-3-11-20-19(16)22)12-14-6-8-15(23-2)9-7-14/h3-11H,12H2,1-2H3. The van der Waals surface area contributed by atoms with Crippen LogP contribution in [0.4, 0.5) is 0 Å². The van der Waals surface area contributed by atoms with Gasteiger partial charge in [-0.05, 0) is 42.8 Å². The summed E-state index contributed by atoms with van der Waals surface area (Å²) in [7, 11) is 1.67. The number of aryl methyl sites for hydroxylation is 1. The molecule has 0 fully saturated rings. The van der Waals surface area contributed by atoms with Gasteiger partial charge in [-0.2, -0.15) is 0 Å². The van der Waals surface area contributed by atoms with Gasteiger partial charge in [0, 0.05) is 18.7 Å². The smallest absolute Gasteiger partial charge is 0.206 e. The summed E-state index contributed by atoms with van der Waals surface area (Å²) in [6.07, 6.45) is 2.45. The van der Waals surface area contributed by atoms with Crippen LogP contribution in [0, 0.1) is 6.92 Å². The van der Waals surface area contributed by atoms with Gasteiger partial charge in [-0.1, -0.05) is 12.1 Å². The van der Waals surface area contributed by atoms with Crippen LogP contribution in [-0.4, -0.2) is 21.6 Å². The van der Waals surface area contributed by atoms with E-state index in [4.69, 9.17) is 14.1 Å². The van der Waals surface area contributed by atoms with Gasteiger partial charge >= 0.3 is 0 Å². The van der Waals surface area contributed by atoms with Crippen molar-refractivity contribution >= 4 is 11.2 Å². The van der Waals surface area contributed by atoms with Crippen LogP contribution in [-0.2, 0) is 6.42 Å². The SMILES string of the molecule is COc1ccc(Cc2nc3cccnc3n2-c2ccc(C)o2)cc1. The molecule has 4 aromatic rings. The average Bonchev–Trinajstić information content (AvgIpc) is 3.18. The molecule has 0 unspecified atom stereocenters. The number of methoxy groups -OCH3 is 1. The molecule has 0 amide bonds. The van der Waals surface area contributed by atoms with Crippen LogP contribution < -0.4 is 4.74 Å². The van der Waals surface area contributed by atoms with Crippen molar-refractivity contribution < 1.29 is 9.15 Å². The molecule has 5 nitrogen and oxygen atoms in total. The first-order chi connectivity index (χ1) is 11.7. The van der Waals surface area contributed by atoms with E-state index in [0.29, 0.717) is 6.42 Å². The summed E-state index contributed by atoms with van der Waals surface area (Å²) >= 11 is 0. The zero-order chi connectivity index (χ0) is 16.5. The third-order valence-corrected chi connectivity index (χ3v) is 3.95. The van der Waals surface area contributed by atoms with E-state index in [9.17, 15) is 0 Å². The highest BCUT2D eigenvalue weighted by atomic mass is 16.5. The number of benzene rings is 1. The molecule has 0 radical (unpaired) electrons. The molecule has 4 rings (SSSR count). The highest BCUT2D eigenvalue weighted by Gasteiger charge is 2.16. The van der Waals surface area contributed by atoms with Gasteiger partial charge in [-0.3, -0.25) is 0 Å². The second-order valence-electron chi connectivity index (χ2n) is 5.62. The lowest BCUT2D eigenvalue weighted by atomic mass is 10.1. The number of ether oxygens (including phenoxy) is 1. The van der Waals surface area contributed by atoms with Crippen LogP contribution in [0.15, 0.2) is 59.1 Å². The van der Waals surface area contributed by atoms with Gasteiger partial charge in [0.05, 0.1) is 7.11 Å². The molecule has 0 atom stereocenters. The summed E-state index contributed by atoms with van der Waals surface area (Å²) in [5.74, 6) is 3.33. The summed E-state index contributed by atoms with van der Waals surface area (Å²) < 4.78 is 13.0. The Morgan fingerprint density at radius 3 is 2.62 bits per heavy atom. The van der Waals surface area contributed by atoms with Crippen LogP contribution in [0.2, 0.25) is 0 Å². The zero-order valence-corrected chi connectivity index (χ0v) is 13.6. The number of imidazole rings is 1. The van der Waals surface area contributed by atoms with Crippen LogP contribution in [0.1, 0.15) is 17.1 Å². The summed E-state index contributed by atoms with van der Waals surface area (Å²) in [6.45, 7) is 1.93. The lowest BCUT2D eigenvalue weighted by molar-refractivity contribution is 0.414. The highest BCUT2D eigenvalue weighted by Crippen LogP contribution is 2.24. The Labute approximate surface area is 139 Å². The molecule has 120 valence electrons. The Morgan fingerprint density at radius 2 is 1.92 bits per heavy atom. The number of furan rings is 1. The van der Waals surface area contributed by atoms with Gasteiger partial charge in [0.15, 0.2) is 5.65 Å². The van der Waals surface area contributed by atoms with Gasteiger partial charge in [0.25, 0.3) is 0 Å². The monoisotopic (exact) mass is 319 g/mol. The molecule has 3 aromatic heterocycles. The normalized spacial score (nSPS) is 11.1. The third-order valence-electron chi connectivity index (χ3n) is 3.95. The Hall–Kier alpha value is -3.08. The van der Waals surface area contributed by atoms with Crippen LogP contribution in [0.5, 0.6) is 5.75 Å². The largest absolute Gasteiger partial charge is 0.497 e. The van der Waals surface area contributed by atoms with Crippen molar-refractivity contribution in [2.75, 3.05) is 7.11 Å². The van der Waals surface area contributed by atoms with E-state index in [1.165, 1.54) is 0 Å². The number of hydrogen-bond acceptors (Lipinski definition) is 4.